The smallest absolute Gasteiger partial charge is 1.00 e. The van der Waals surface area contributed by atoms with Gasteiger partial charge in [0.25, 0.3) is 0 Å². The number of carboxylic acids is 1. The molecule has 0 bridgehead atoms. The molecule has 66 valence electrons. The van der Waals surface area contributed by atoms with E-state index in [0.29, 0.717) is 0 Å². The molecule has 0 spiro atoms. The number of hydrogen-bond acceptors (Lipinski definition) is 3. The Hall–Kier alpha value is 0.130. The van der Waals surface area contributed by atoms with Crippen molar-refractivity contribution in [3.8, 4) is 0 Å². The Morgan fingerprint density at radius 2 is 2.08 bits per heavy atom. The Bertz CT molecular complexity index is 153. The molecule has 0 heterocycles. The van der Waals surface area contributed by atoms with Crippen molar-refractivity contribution >= 4 is 5.97 Å². The second-order valence-corrected chi connectivity index (χ2v) is 2.29. The van der Waals surface area contributed by atoms with E-state index in [2.05, 4.69) is 6.58 Å². The Morgan fingerprint density at radius 3 is 2.42 bits per heavy atom. The maximum atomic E-state index is 10.0. The molecule has 0 fully saturated rings. The second-order valence-electron chi connectivity index (χ2n) is 2.29. The van der Waals surface area contributed by atoms with Crippen LogP contribution in [-0.2, 0) is 4.79 Å². The third-order valence-corrected chi connectivity index (χ3v) is 1.20. The van der Waals surface area contributed by atoms with E-state index in [1.165, 1.54) is 6.08 Å². The van der Waals surface area contributed by atoms with Crippen molar-refractivity contribution in [2.45, 2.75) is 25.0 Å². The number of rotatable bonds is 5. The first-order valence-corrected chi connectivity index (χ1v) is 3.26. The van der Waals surface area contributed by atoms with Crippen LogP contribution in [-0.4, -0.2) is 33.5 Å². The van der Waals surface area contributed by atoms with Crippen molar-refractivity contribution in [1.82, 2.24) is 0 Å². The molecule has 0 aromatic carbocycles. The first-order valence-electron chi connectivity index (χ1n) is 3.26. The van der Waals surface area contributed by atoms with Crippen molar-refractivity contribution in [3.63, 3.8) is 0 Å². The van der Waals surface area contributed by atoms with Gasteiger partial charge in [-0.15, -0.1) is 6.58 Å². The van der Waals surface area contributed by atoms with Gasteiger partial charge in [-0.3, -0.25) is 4.79 Å². The third kappa shape index (κ3) is 8.23. The fourth-order valence-corrected chi connectivity index (χ4v) is 0.660. The molecule has 0 radical (unpaired) electrons. The molecule has 4 nitrogen and oxygen atoms in total. The Balaban J connectivity index is -0.000000500. The first-order chi connectivity index (χ1) is 5.06. The predicted molar refractivity (Wildman–Crippen MR) is 40.2 cm³/mol. The van der Waals surface area contributed by atoms with Crippen LogP contribution < -0.4 is 29.6 Å². The summed E-state index contributed by atoms with van der Waals surface area (Å²) >= 11 is 0. The van der Waals surface area contributed by atoms with E-state index in [1.807, 2.05) is 0 Å². The van der Waals surface area contributed by atoms with Crippen LogP contribution in [0.25, 0.3) is 0 Å². The van der Waals surface area contributed by atoms with Gasteiger partial charge in [-0.2, -0.15) is 0 Å². The van der Waals surface area contributed by atoms with Crippen LogP contribution in [0.4, 0.5) is 0 Å². The zero-order chi connectivity index (χ0) is 8.85. The van der Waals surface area contributed by atoms with E-state index >= 15 is 0 Å². The van der Waals surface area contributed by atoms with Crippen LogP contribution in [0.2, 0.25) is 0 Å². The fraction of sp³-hybridized carbons (Fsp3) is 0.571. The topological polar surface area (TPSA) is 77.8 Å². The molecule has 0 saturated carbocycles. The molecule has 12 heavy (non-hydrogen) atoms. The molecule has 5 heteroatoms. The van der Waals surface area contributed by atoms with E-state index in [4.69, 9.17) is 15.3 Å². The number of aliphatic hydroxyl groups excluding tert-OH is 2. The van der Waals surface area contributed by atoms with Gasteiger partial charge in [0.05, 0.1) is 18.6 Å². The minimum absolute atomic E-state index is 0. The van der Waals surface area contributed by atoms with Crippen LogP contribution in [0, 0.1) is 0 Å². The molecule has 0 saturated heterocycles. The molecule has 2 unspecified atom stereocenters. The average molecular weight is 184 g/mol. The van der Waals surface area contributed by atoms with E-state index in [1.54, 1.807) is 0 Å². The third-order valence-electron chi connectivity index (χ3n) is 1.20. The number of carbonyl (C=O) groups is 1. The number of carboxylic acid groups (broad SMARTS) is 1. The van der Waals surface area contributed by atoms with Crippen molar-refractivity contribution in [2.75, 3.05) is 0 Å². The molecular weight excluding hydrogens is 171 g/mol. The average Bonchev–Trinajstić information content (AvgIpc) is 1.85. The zero-order valence-corrected chi connectivity index (χ0v) is 9.10. The SMILES string of the molecule is C=CC(O)CC(O)CC(=O)O.[H-].[Na+]. The molecule has 3 N–H and O–H groups in total. The van der Waals surface area contributed by atoms with Crippen molar-refractivity contribution < 1.29 is 51.1 Å². The van der Waals surface area contributed by atoms with E-state index in [0.717, 1.165) is 0 Å². The van der Waals surface area contributed by atoms with E-state index in [9.17, 15) is 4.79 Å². The summed E-state index contributed by atoms with van der Waals surface area (Å²) in [6, 6.07) is 0. The molecule has 0 aliphatic rings. The fourth-order valence-electron chi connectivity index (χ4n) is 0.660. The van der Waals surface area contributed by atoms with Crippen molar-refractivity contribution in [2.24, 2.45) is 0 Å². The summed E-state index contributed by atoms with van der Waals surface area (Å²) in [7, 11) is 0. The van der Waals surface area contributed by atoms with Crippen LogP contribution in [0.3, 0.4) is 0 Å². The van der Waals surface area contributed by atoms with Gasteiger partial charge in [0.2, 0.25) is 0 Å². The minimum atomic E-state index is -1.08. The summed E-state index contributed by atoms with van der Waals surface area (Å²) in [6.45, 7) is 3.28. The number of hydrogen-bond donors (Lipinski definition) is 3. The monoisotopic (exact) mass is 184 g/mol. The standard InChI is InChI=1S/C7H12O4.Na.H/c1-2-5(8)3-6(9)4-7(10)11;;/h2,5-6,8-9H,1,3-4H2,(H,10,11);;/q;+1;-1. The molecule has 0 aromatic rings. The molecule has 0 aliphatic carbocycles. The van der Waals surface area contributed by atoms with Gasteiger partial charge >= 0.3 is 35.5 Å². The van der Waals surface area contributed by atoms with Crippen molar-refractivity contribution in [1.29, 1.82) is 0 Å². The van der Waals surface area contributed by atoms with Crippen molar-refractivity contribution in [3.05, 3.63) is 12.7 Å². The van der Waals surface area contributed by atoms with Crippen LogP contribution in [0.15, 0.2) is 12.7 Å². The maximum absolute atomic E-state index is 10.0. The summed E-state index contributed by atoms with van der Waals surface area (Å²) in [5.74, 6) is -1.08. The largest absolute Gasteiger partial charge is 1.00 e. The normalized spacial score (nSPS) is 14.2. The van der Waals surface area contributed by atoms with Gasteiger partial charge in [0, 0.05) is 6.42 Å². The molecule has 0 aromatic heterocycles. The molecular formula is C7H13NaO4. The van der Waals surface area contributed by atoms with Gasteiger partial charge in [0.1, 0.15) is 0 Å². The Morgan fingerprint density at radius 1 is 1.58 bits per heavy atom. The summed E-state index contributed by atoms with van der Waals surface area (Å²) in [6.07, 6.45) is -0.893. The summed E-state index contributed by atoms with van der Waals surface area (Å²) in [5.41, 5.74) is 0. The van der Waals surface area contributed by atoms with Gasteiger partial charge < -0.3 is 16.7 Å². The minimum Gasteiger partial charge on any atom is -1.00 e. The summed E-state index contributed by atoms with van der Waals surface area (Å²) in [5, 5.41) is 26.0. The summed E-state index contributed by atoms with van der Waals surface area (Å²) < 4.78 is 0. The Kier molecular flexibility index (Phi) is 9.47. The molecule has 2 atom stereocenters. The second kappa shape index (κ2) is 7.76. The van der Waals surface area contributed by atoms with Crippen LogP contribution in [0.5, 0.6) is 0 Å². The quantitative estimate of drug-likeness (QED) is 0.312. The van der Waals surface area contributed by atoms with Gasteiger partial charge in [-0.05, 0) is 0 Å². The van der Waals surface area contributed by atoms with Crippen LogP contribution in [0.1, 0.15) is 14.3 Å². The van der Waals surface area contributed by atoms with E-state index < -0.39 is 18.2 Å². The van der Waals surface area contributed by atoms with E-state index in [-0.39, 0.29) is 43.8 Å². The number of aliphatic hydroxyl groups is 2. The maximum Gasteiger partial charge on any atom is 1.00 e. The molecule has 0 rings (SSSR count). The molecule has 0 amide bonds. The van der Waals surface area contributed by atoms with Gasteiger partial charge in [0.15, 0.2) is 0 Å². The zero-order valence-electron chi connectivity index (χ0n) is 8.10. The molecule has 0 aliphatic heterocycles. The summed E-state index contributed by atoms with van der Waals surface area (Å²) in [4.78, 5) is 10.0. The van der Waals surface area contributed by atoms with Crippen LogP contribution >= 0.6 is 0 Å². The Labute approximate surface area is 94.7 Å². The van der Waals surface area contributed by atoms with Gasteiger partial charge in [-0.25, -0.2) is 0 Å². The van der Waals surface area contributed by atoms with Gasteiger partial charge in [-0.1, -0.05) is 6.08 Å². The number of aliphatic carboxylic acids is 1. The first kappa shape index (κ1) is 14.6. The predicted octanol–water partition coefficient (Wildman–Crippen LogP) is -3.12.